The van der Waals surface area contributed by atoms with Gasteiger partial charge in [-0.1, -0.05) is 24.6 Å². The highest BCUT2D eigenvalue weighted by molar-refractivity contribution is 5.96. The summed E-state index contributed by atoms with van der Waals surface area (Å²) in [5.41, 5.74) is -0.0270. The summed E-state index contributed by atoms with van der Waals surface area (Å²) in [5, 5.41) is 3.27. The first kappa shape index (κ1) is 16.4. The van der Waals surface area contributed by atoms with Crippen molar-refractivity contribution in [2.75, 3.05) is 19.6 Å². The summed E-state index contributed by atoms with van der Waals surface area (Å²) in [5.74, 6) is -2.74. The second-order valence-electron chi connectivity index (χ2n) is 6.84. The molecular weight excluding hydrogens is 298 g/mol. The lowest BCUT2D eigenvalue weighted by atomic mass is 9.84. The van der Waals surface area contributed by atoms with Crippen LogP contribution in [0.5, 0.6) is 0 Å². The fourth-order valence-corrected chi connectivity index (χ4v) is 3.46. The molecule has 1 saturated carbocycles. The molecule has 0 radical (unpaired) electrons. The molecule has 1 aromatic rings. The van der Waals surface area contributed by atoms with Gasteiger partial charge in [-0.05, 0) is 37.8 Å². The fourth-order valence-electron chi connectivity index (χ4n) is 3.46. The SMILES string of the molecule is CC(F)(F)c1ccccc1C(=O)N(CC1CCC1)[C@H]1CCNC1. The van der Waals surface area contributed by atoms with Crippen LogP contribution in [0.25, 0.3) is 0 Å². The first-order valence-electron chi connectivity index (χ1n) is 8.46. The van der Waals surface area contributed by atoms with Gasteiger partial charge in [0.2, 0.25) is 0 Å². The maximum Gasteiger partial charge on any atom is 0.271 e. The van der Waals surface area contributed by atoms with E-state index in [-0.39, 0.29) is 23.1 Å². The maximum absolute atomic E-state index is 13.9. The lowest BCUT2D eigenvalue weighted by molar-refractivity contribution is 0.0152. The molecule has 3 rings (SSSR count). The van der Waals surface area contributed by atoms with E-state index in [1.165, 1.54) is 18.6 Å². The highest BCUT2D eigenvalue weighted by Crippen LogP contribution is 2.33. The van der Waals surface area contributed by atoms with Crippen LogP contribution in [-0.4, -0.2) is 36.5 Å². The quantitative estimate of drug-likeness (QED) is 0.901. The van der Waals surface area contributed by atoms with E-state index in [0.29, 0.717) is 12.5 Å². The Bertz CT molecular complexity index is 560. The van der Waals surface area contributed by atoms with Crippen LogP contribution < -0.4 is 5.32 Å². The number of nitrogens with one attached hydrogen (secondary N) is 1. The van der Waals surface area contributed by atoms with Crippen LogP contribution in [0.4, 0.5) is 8.78 Å². The van der Waals surface area contributed by atoms with Gasteiger partial charge in [-0.3, -0.25) is 4.79 Å². The summed E-state index contributed by atoms with van der Waals surface area (Å²) in [6.45, 7) is 3.18. The van der Waals surface area contributed by atoms with Crippen molar-refractivity contribution in [1.29, 1.82) is 0 Å². The number of carbonyl (C=O) groups is 1. The number of hydrogen-bond acceptors (Lipinski definition) is 2. The Hall–Kier alpha value is -1.49. The van der Waals surface area contributed by atoms with E-state index >= 15 is 0 Å². The molecule has 1 amide bonds. The third kappa shape index (κ3) is 3.55. The van der Waals surface area contributed by atoms with Crippen molar-refractivity contribution in [3.05, 3.63) is 35.4 Å². The average molecular weight is 322 g/mol. The number of nitrogens with zero attached hydrogens (tertiary/aromatic N) is 1. The summed E-state index contributed by atoms with van der Waals surface area (Å²) in [7, 11) is 0. The number of rotatable bonds is 5. The van der Waals surface area contributed by atoms with E-state index in [4.69, 9.17) is 0 Å². The van der Waals surface area contributed by atoms with E-state index < -0.39 is 5.92 Å². The van der Waals surface area contributed by atoms with Crippen LogP contribution in [-0.2, 0) is 5.92 Å². The zero-order chi connectivity index (χ0) is 16.4. The van der Waals surface area contributed by atoms with Gasteiger partial charge in [-0.2, -0.15) is 0 Å². The number of amides is 1. The predicted molar refractivity (Wildman–Crippen MR) is 85.7 cm³/mol. The molecule has 2 fully saturated rings. The Labute approximate surface area is 136 Å². The van der Waals surface area contributed by atoms with E-state index in [1.807, 2.05) is 4.90 Å². The van der Waals surface area contributed by atoms with Crippen molar-refractivity contribution >= 4 is 5.91 Å². The summed E-state index contributed by atoms with van der Waals surface area (Å²) >= 11 is 0. The third-order valence-corrected chi connectivity index (χ3v) is 5.05. The molecule has 1 heterocycles. The zero-order valence-corrected chi connectivity index (χ0v) is 13.5. The number of hydrogen-bond donors (Lipinski definition) is 1. The Kier molecular flexibility index (Phi) is 4.67. The van der Waals surface area contributed by atoms with Crippen molar-refractivity contribution in [1.82, 2.24) is 10.2 Å². The molecule has 1 aliphatic carbocycles. The van der Waals surface area contributed by atoms with Crippen molar-refractivity contribution in [2.24, 2.45) is 5.92 Å². The molecule has 0 aromatic heterocycles. The molecule has 2 aliphatic rings. The predicted octanol–water partition coefficient (Wildman–Crippen LogP) is 3.40. The minimum absolute atomic E-state index is 0.113. The first-order chi connectivity index (χ1) is 11.0. The molecule has 0 bridgehead atoms. The van der Waals surface area contributed by atoms with Gasteiger partial charge in [0.05, 0.1) is 0 Å². The number of alkyl halides is 2. The Morgan fingerprint density at radius 2 is 2.04 bits per heavy atom. The van der Waals surface area contributed by atoms with Crippen LogP contribution in [0.2, 0.25) is 0 Å². The second-order valence-corrected chi connectivity index (χ2v) is 6.84. The first-order valence-corrected chi connectivity index (χ1v) is 8.46. The summed E-state index contributed by atoms with van der Waals surface area (Å²) in [6, 6.07) is 6.24. The topological polar surface area (TPSA) is 32.3 Å². The molecule has 23 heavy (non-hydrogen) atoms. The Morgan fingerprint density at radius 1 is 1.30 bits per heavy atom. The van der Waals surface area contributed by atoms with Gasteiger partial charge in [0.15, 0.2) is 0 Å². The van der Waals surface area contributed by atoms with Crippen LogP contribution >= 0.6 is 0 Å². The number of halogens is 2. The summed E-state index contributed by atoms with van der Waals surface area (Å²) in [6.07, 6.45) is 4.37. The fraction of sp³-hybridized carbons (Fsp3) is 0.611. The van der Waals surface area contributed by atoms with Crippen molar-refractivity contribution in [3.63, 3.8) is 0 Å². The highest BCUT2D eigenvalue weighted by Gasteiger charge is 2.35. The molecule has 126 valence electrons. The maximum atomic E-state index is 13.9. The average Bonchev–Trinajstić information content (AvgIpc) is 2.99. The second kappa shape index (κ2) is 6.56. The molecule has 3 nitrogen and oxygen atoms in total. The highest BCUT2D eigenvalue weighted by atomic mass is 19.3. The van der Waals surface area contributed by atoms with Gasteiger partial charge in [0, 0.05) is 37.2 Å². The van der Waals surface area contributed by atoms with E-state index in [0.717, 1.165) is 39.3 Å². The Morgan fingerprint density at radius 3 is 2.61 bits per heavy atom. The minimum Gasteiger partial charge on any atom is -0.334 e. The normalized spacial score (nSPS) is 22.0. The molecule has 1 aromatic carbocycles. The van der Waals surface area contributed by atoms with E-state index in [2.05, 4.69) is 5.32 Å². The van der Waals surface area contributed by atoms with Gasteiger partial charge < -0.3 is 10.2 Å². The molecule has 1 atom stereocenters. The third-order valence-electron chi connectivity index (χ3n) is 5.05. The van der Waals surface area contributed by atoms with Gasteiger partial charge >= 0.3 is 0 Å². The van der Waals surface area contributed by atoms with Crippen molar-refractivity contribution in [3.8, 4) is 0 Å². The van der Waals surface area contributed by atoms with E-state index in [1.54, 1.807) is 12.1 Å². The van der Waals surface area contributed by atoms with Gasteiger partial charge in [-0.15, -0.1) is 0 Å². The monoisotopic (exact) mass is 322 g/mol. The lowest BCUT2D eigenvalue weighted by Crippen LogP contribution is -2.45. The molecule has 1 saturated heterocycles. The zero-order valence-electron chi connectivity index (χ0n) is 13.5. The molecule has 1 N–H and O–H groups in total. The van der Waals surface area contributed by atoms with Crippen LogP contribution in [0.15, 0.2) is 24.3 Å². The molecule has 5 heteroatoms. The van der Waals surface area contributed by atoms with Crippen LogP contribution in [0.1, 0.15) is 48.5 Å². The number of benzene rings is 1. The number of carbonyl (C=O) groups excluding carboxylic acids is 1. The molecule has 1 aliphatic heterocycles. The standard InChI is InChI=1S/C18H24F2N2O/c1-18(19,20)16-8-3-2-7-15(16)17(23)22(12-13-5-4-6-13)14-9-10-21-11-14/h2-3,7-8,13-14,21H,4-6,9-12H2,1H3/t14-/m0/s1. The van der Waals surface area contributed by atoms with E-state index in [9.17, 15) is 13.6 Å². The summed E-state index contributed by atoms with van der Waals surface area (Å²) in [4.78, 5) is 14.9. The largest absolute Gasteiger partial charge is 0.334 e. The van der Waals surface area contributed by atoms with Crippen molar-refractivity contribution < 1.29 is 13.6 Å². The van der Waals surface area contributed by atoms with Crippen LogP contribution in [0, 0.1) is 5.92 Å². The van der Waals surface area contributed by atoms with Crippen LogP contribution in [0.3, 0.4) is 0 Å². The smallest absolute Gasteiger partial charge is 0.271 e. The summed E-state index contributed by atoms with van der Waals surface area (Å²) < 4.78 is 27.7. The minimum atomic E-state index is -3.01. The Balaban J connectivity index is 1.88. The van der Waals surface area contributed by atoms with Gasteiger partial charge in [-0.25, -0.2) is 8.78 Å². The lowest BCUT2D eigenvalue weighted by Gasteiger charge is -2.36. The molecular formula is C18H24F2N2O. The van der Waals surface area contributed by atoms with Crippen molar-refractivity contribution in [2.45, 2.75) is 44.6 Å². The van der Waals surface area contributed by atoms with Gasteiger partial charge in [0.1, 0.15) is 0 Å². The molecule has 0 unspecified atom stereocenters. The molecule has 0 spiro atoms. The van der Waals surface area contributed by atoms with Gasteiger partial charge in [0.25, 0.3) is 11.8 Å².